The van der Waals surface area contributed by atoms with E-state index in [2.05, 4.69) is 29.4 Å². The van der Waals surface area contributed by atoms with Gasteiger partial charge in [0.05, 0.1) is 18.7 Å². The summed E-state index contributed by atoms with van der Waals surface area (Å²) in [5.74, 6) is -0.151. The molecular formula is C20H33N3O3S. The molecule has 0 radical (unpaired) electrons. The van der Waals surface area contributed by atoms with E-state index in [1.807, 2.05) is 0 Å². The largest absolute Gasteiger partial charge is 0.383 e. The molecule has 1 aliphatic rings. The number of nitrogens with zero attached hydrogens (tertiary/aromatic N) is 1. The molecule has 0 bridgehead atoms. The van der Waals surface area contributed by atoms with E-state index in [0.29, 0.717) is 30.3 Å². The molecule has 0 saturated heterocycles. The summed E-state index contributed by atoms with van der Waals surface area (Å²) < 4.78 is 5.02. The predicted molar refractivity (Wildman–Crippen MR) is 111 cm³/mol. The number of carbonyl (C=O) groups excluding carboxylic acids is 2. The van der Waals surface area contributed by atoms with E-state index >= 15 is 0 Å². The summed E-state index contributed by atoms with van der Waals surface area (Å²) in [6, 6.07) is 0. The highest BCUT2D eigenvalue weighted by Crippen LogP contribution is 2.38. The van der Waals surface area contributed by atoms with Gasteiger partial charge in [-0.3, -0.25) is 14.5 Å². The fourth-order valence-corrected chi connectivity index (χ4v) is 4.82. The van der Waals surface area contributed by atoms with Crippen LogP contribution >= 0.6 is 11.3 Å². The van der Waals surface area contributed by atoms with Crippen molar-refractivity contribution in [3.8, 4) is 0 Å². The van der Waals surface area contributed by atoms with Gasteiger partial charge in [-0.15, -0.1) is 11.3 Å². The van der Waals surface area contributed by atoms with Crippen LogP contribution in [-0.2, 0) is 22.4 Å². The SMILES string of the molecule is CCCN(CCC)CC(=O)Nc1sc2c(c1C(=O)NCCOC)CCCC2. The minimum atomic E-state index is -0.110. The van der Waals surface area contributed by atoms with Crippen molar-refractivity contribution in [1.29, 1.82) is 0 Å². The van der Waals surface area contributed by atoms with Crippen LogP contribution in [0.15, 0.2) is 0 Å². The molecule has 1 aromatic rings. The number of hydrogen-bond donors (Lipinski definition) is 2. The average molecular weight is 396 g/mol. The summed E-state index contributed by atoms with van der Waals surface area (Å²) in [5.41, 5.74) is 1.78. The summed E-state index contributed by atoms with van der Waals surface area (Å²) in [5, 5.41) is 6.65. The second-order valence-electron chi connectivity index (χ2n) is 6.99. The van der Waals surface area contributed by atoms with Crippen molar-refractivity contribution in [3.63, 3.8) is 0 Å². The van der Waals surface area contributed by atoms with Crippen molar-refractivity contribution in [2.45, 2.75) is 52.4 Å². The first-order chi connectivity index (χ1) is 13.1. The zero-order valence-corrected chi connectivity index (χ0v) is 17.7. The van der Waals surface area contributed by atoms with Gasteiger partial charge in [0.2, 0.25) is 5.91 Å². The minimum absolute atomic E-state index is 0.0403. The summed E-state index contributed by atoms with van der Waals surface area (Å²) in [6.45, 7) is 7.37. The van der Waals surface area contributed by atoms with Gasteiger partial charge in [-0.05, 0) is 57.2 Å². The van der Waals surface area contributed by atoms with Crippen molar-refractivity contribution in [2.24, 2.45) is 0 Å². The van der Waals surface area contributed by atoms with Crippen LogP contribution in [0.4, 0.5) is 5.00 Å². The fraction of sp³-hybridized carbons (Fsp3) is 0.700. The minimum Gasteiger partial charge on any atom is -0.383 e. The standard InChI is InChI=1S/C20H33N3O3S/c1-4-11-23(12-5-2)14-17(24)22-20-18(19(25)21-10-13-26-3)15-8-6-7-9-16(15)27-20/h4-14H2,1-3H3,(H,21,25)(H,22,24). The number of aryl methyl sites for hydroxylation is 1. The van der Waals surface area contributed by atoms with Crippen molar-refractivity contribution in [3.05, 3.63) is 16.0 Å². The number of anilines is 1. The zero-order valence-electron chi connectivity index (χ0n) is 16.9. The molecule has 7 heteroatoms. The number of amides is 2. The molecule has 2 rings (SSSR count). The summed E-state index contributed by atoms with van der Waals surface area (Å²) in [6.07, 6.45) is 6.18. The maximum absolute atomic E-state index is 12.8. The van der Waals surface area contributed by atoms with Crippen LogP contribution in [0.2, 0.25) is 0 Å². The molecule has 1 heterocycles. The first-order valence-corrected chi connectivity index (χ1v) is 10.9. The Kier molecular flexibility index (Phi) is 9.24. The zero-order chi connectivity index (χ0) is 19.6. The second kappa shape index (κ2) is 11.4. The number of hydrogen-bond acceptors (Lipinski definition) is 5. The lowest BCUT2D eigenvalue weighted by Crippen LogP contribution is -2.35. The topological polar surface area (TPSA) is 70.7 Å². The van der Waals surface area contributed by atoms with E-state index in [-0.39, 0.29) is 11.8 Å². The molecule has 0 aromatic carbocycles. The summed E-state index contributed by atoms with van der Waals surface area (Å²) in [7, 11) is 1.61. The number of nitrogens with one attached hydrogen (secondary N) is 2. The number of fused-ring (bicyclic) bond motifs is 1. The molecule has 0 fully saturated rings. The first kappa shape index (κ1) is 21.9. The monoisotopic (exact) mass is 395 g/mol. The van der Waals surface area contributed by atoms with E-state index in [0.717, 1.165) is 57.2 Å². The van der Waals surface area contributed by atoms with Gasteiger partial charge in [0.15, 0.2) is 0 Å². The van der Waals surface area contributed by atoms with Gasteiger partial charge in [0.25, 0.3) is 5.91 Å². The second-order valence-corrected chi connectivity index (χ2v) is 8.09. The molecule has 0 unspecified atom stereocenters. The van der Waals surface area contributed by atoms with Crippen molar-refractivity contribution in [1.82, 2.24) is 10.2 Å². The number of carbonyl (C=O) groups is 2. The molecule has 152 valence electrons. The van der Waals surface area contributed by atoms with E-state index in [1.54, 1.807) is 18.4 Å². The first-order valence-electron chi connectivity index (χ1n) is 10.0. The van der Waals surface area contributed by atoms with Crippen molar-refractivity contribution >= 4 is 28.2 Å². The maximum Gasteiger partial charge on any atom is 0.254 e. The van der Waals surface area contributed by atoms with Crippen LogP contribution in [-0.4, -0.2) is 56.6 Å². The van der Waals surface area contributed by atoms with Crippen LogP contribution < -0.4 is 10.6 Å². The molecule has 0 atom stereocenters. The third kappa shape index (κ3) is 6.30. The van der Waals surface area contributed by atoms with Crippen LogP contribution in [0, 0.1) is 0 Å². The van der Waals surface area contributed by atoms with E-state index < -0.39 is 0 Å². The maximum atomic E-state index is 12.8. The number of ether oxygens (including phenoxy) is 1. The van der Waals surface area contributed by atoms with Gasteiger partial charge in [0.1, 0.15) is 5.00 Å². The Balaban J connectivity index is 2.13. The molecule has 1 aromatic heterocycles. The van der Waals surface area contributed by atoms with Gasteiger partial charge in [-0.2, -0.15) is 0 Å². The molecule has 0 saturated carbocycles. The van der Waals surface area contributed by atoms with Crippen LogP contribution in [0.25, 0.3) is 0 Å². The average Bonchev–Trinajstić information content (AvgIpc) is 2.99. The Morgan fingerprint density at radius 2 is 1.85 bits per heavy atom. The van der Waals surface area contributed by atoms with E-state index in [1.165, 1.54) is 4.88 Å². The number of methoxy groups -OCH3 is 1. The fourth-order valence-electron chi connectivity index (χ4n) is 3.52. The van der Waals surface area contributed by atoms with E-state index in [9.17, 15) is 9.59 Å². The van der Waals surface area contributed by atoms with Gasteiger partial charge in [0, 0.05) is 18.5 Å². The quantitative estimate of drug-likeness (QED) is 0.565. The van der Waals surface area contributed by atoms with Gasteiger partial charge in [-0.25, -0.2) is 0 Å². The predicted octanol–water partition coefficient (Wildman–Crippen LogP) is 3.06. The molecule has 6 nitrogen and oxygen atoms in total. The summed E-state index contributed by atoms with van der Waals surface area (Å²) in [4.78, 5) is 28.8. The van der Waals surface area contributed by atoms with Crippen LogP contribution in [0.5, 0.6) is 0 Å². The lowest BCUT2D eigenvalue weighted by molar-refractivity contribution is -0.117. The Morgan fingerprint density at radius 1 is 1.15 bits per heavy atom. The Hall–Kier alpha value is -1.44. The lowest BCUT2D eigenvalue weighted by atomic mass is 9.95. The summed E-state index contributed by atoms with van der Waals surface area (Å²) >= 11 is 1.57. The molecule has 1 aliphatic carbocycles. The Morgan fingerprint density at radius 3 is 2.52 bits per heavy atom. The third-order valence-electron chi connectivity index (χ3n) is 4.69. The molecular weight excluding hydrogens is 362 g/mol. The highest BCUT2D eigenvalue weighted by atomic mass is 32.1. The van der Waals surface area contributed by atoms with Crippen molar-refractivity contribution < 1.29 is 14.3 Å². The van der Waals surface area contributed by atoms with Gasteiger partial charge < -0.3 is 15.4 Å². The Labute approximate surface area is 166 Å². The number of rotatable bonds is 11. The van der Waals surface area contributed by atoms with Gasteiger partial charge >= 0.3 is 0 Å². The highest BCUT2D eigenvalue weighted by Gasteiger charge is 2.26. The smallest absolute Gasteiger partial charge is 0.254 e. The molecule has 2 amide bonds. The lowest BCUT2D eigenvalue weighted by Gasteiger charge is -2.20. The molecule has 27 heavy (non-hydrogen) atoms. The molecule has 2 N–H and O–H groups in total. The normalized spacial score (nSPS) is 13.5. The third-order valence-corrected chi connectivity index (χ3v) is 5.90. The molecule has 0 spiro atoms. The molecule has 0 aliphatic heterocycles. The number of thiophene rings is 1. The van der Waals surface area contributed by atoms with Gasteiger partial charge in [-0.1, -0.05) is 13.8 Å². The Bertz CT molecular complexity index is 624. The highest BCUT2D eigenvalue weighted by molar-refractivity contribution is 7.17. The van der Waals surface area contributed by atoms with Crippen LogP contribution in [0.1, 0.15) is 60.3 Å². The van der Waals surface area contributed by atoms with Crippen molar-refractivity contribution in [2.75, 3.05) is 45.2 Å². The van der Waals surface area contributed by atoms with E-state index in [4.69, 9.17) is 4.74 Å². The van der Waals surface area contributed by atoms with Crippen LogP contribution in [0.3, 0.4) is 0 Å².